The van der Waals surface area contributed by atoms with Crippen LogP contribution in [0.4, 0.5) is 0 Å². The molecule has 1 aromatic carbocycles. The zero-order chi connectivity index (χ0) is 16.0. The smallest absolute Gasteiger partial charge is 0.254 e. The summed E-state index contributed by atoms with van der Waals surface area (Å²) in [6, 6.07) is 2.72. The van der Waals surface area contributed by atoms with Gasteiger partial charge in [-0.2, -0.15) is 0 Å². The van der Waals surface area contributed by atoms with E-state index in [9.17, 15) is 13.2 Å². The molecular formula is C13H16BrClN2O3S. The first-order valence-corrected chi connectivity index (χ1v) is 9.09. The molecule has 1 amide bonds. The normalized spacial score (nSPS) is 18.0. The highest BCUT2D eigenvalue weighted by atomic mass is 79.9. The van der Waals surface area contributed by atoms with Gasteiger partial charge in [0.2, 0.25) is 10.0 Å². The lowest BCUT2D eigenvalue weighted by molar-refractivity contribution is 0.0651. The van der Waals surface area contributed by atoms with Gasteiger partial charge < -0.3 is 4.90 Å². The minimum absolute atomic E-state index is 0.141. The van der Waals surface area contributed by atoms with Gasteiger partial charge in [-0.25, -0.2) is 13.6 Å². The number of benzene rings is 1. The van der Waals surface area contributed by atoms with Gasteiger partial charge in [0.25, 0.3) is 5.91 Å². The van der Waals surface area contributed by atoms with Gasteiger partial charge in [0.05, 0.1) is 14.4 Å². The lowest BCUT2D eigenvalue weighted by Crippen LogP contribution is -2.42. The summed E-state index contributed by atoms with van der Waals surface area (Å²) in [4.78, 5) is 14.2. The summed E-state index contributed by atoms with van der Waals surface area (Å²) in [6.07, 6.45) is 1.83. The van der Waals surface area contributed by atoms with Crippen molar-refractivity contribution in [2.45, 2.75) is 37.1 Å². The van der Waals surface area contributed by atoms with Crippen molar-refractivity contribution in [1.82, 2.24) is 4.90 Å². The van der Waals surface area contributed by atoms with Crippen LogP contribution in [0.5, 0.6) is 0 Å². The fraction of sp³-hybridized carbons (Fsp3) is 0.462. The highest BCUT2D eigenvalue weighted by molar-refractivity contribution is 9.10. The summed E-state index contributed by atoms with van der Waals surface area (Å²) < 4.78 is 23.4. The van der Waals surface area contributed by atoms with Crippen molar-refractivity contribution in [1.29, 1.82) is 0 Å². The molecule has 2 N–H and O–H groups in total. The Bertz CT molecular complexity index is 704. The molecule has 1 heterocycles. The van der Waals surface area contributed by atoms with Crippen molar-refractivity contribution in [3.8, 4) is 0 Å². The summed E-state index contributed by atoms with van der Waals surface area (Å²) in [5, 5.41) is 5.30. The number of rotatable bonds is 2. The Kier molecular flexibility index (Phi) is 4.41. The van der Waals surface area contributed by atoms with Gasteiger partial charge in [0.15, 0.2) is 0 Å². The first-order valence-electron chi connectivity index (χ1n) is 6.38. The van der Waals surface area contributed by atoms with Crippen LogP contribution in [0.3, 0.4) is 0 Å². The molecule has 0 unspecified atom stereocenters. The van der Waals surface area contributed by atoms with Crippen LogP contribution < -0.4 is 5.14 Å². The predicted molar refractivity (Wildman–Crippen MR) is 84.9 cm³/mol. The number of primary sulfonamides is 1. The van der Waals surface area contributed by atoms with Gasteiger partial charge in [0.1, 0.15) is 0 Å². The van der Waals surface area contributed by atoms with Crippen molar-refractivity contribution >= 4 is 43.5 Å². The number of halogens is 2. The highest BCUT2D eigenvalue weighted by Crippen LogP contribution is 2.34. The number of amides is 1. The Morgan fingerprint density at radius 1 is 1.43 bits per heavy atom. The first kappa shape index (κ1) is 16.7. The Hall–Kier alpha value is -0.630. The second-order valence-electron chi connectivity index (χ2n) is 5.69. The van der Waals surface area contributed by atoms with E-state index in [2.05, 4.69) is 15.9 Å². The van der Waals surface area contributed by atoms with Crippen LogP contribution >= 0.6 is 27.5 Å². The molecule has 0 bridgehead atoms. The topological polar surface area (TPSA) is 80.5 Å². The summed E-state index contributed by atoms with van der Waals surface area (Å²) in [5.74, 6) is -0.239. The third-order valence-electron chi connectivity index (χ3n) is 3.69. The molecule has 21 heavy (non-hydrogen) atoms. The predicted octanol–water partition coefficient (Wildman–Crippen LogP) is 2.76. The molecule has 0 spiro atoms. The molecule has 8 heteroatoms. The summed E-state index contributed by atoms with van der Waals surface area (Å²) in [5.41, 5.74) is -0.0273. The van der Waals surface area contributed by atoms with Crippen molar-refractivity contribution in [2.75, 3.05) is 6.54 Å². The van der Waals surface area contributed by atoms with Gasteiger partial charge in [0, 0.05) is 17.6 Å². The second kappa shape index (κ2) is 5.53. The summed E-state index contributed by atoms with van der Waals surface area (Å²) >= 11 is 9.10. The molecule has 0 atom stereocenters. The van der Waals surface area contributed by atoms with E-state index in [-0.39, 0.29) is 31.4 Å². The van der Waals surface area contributed by atoms with E-state index >= 15 is 0 Å². The third kappa shape index (κ3) is 3.26. The Morgan fingerprint density at radius 3 is 2.52 bits per heavy atom. The van der Waals surface area contributed by atoms with Crippen LogP contribution in [0.2, 0.25) is 5.02 Å². The van der Waals surface area contributed by atoms with Crippen molar-refractivity contribution in [3.05, 3.63) is 27.2 Å². The minimum Gasteiger partial charge on any atom is -0.334 e. The zero-order valence-electron chi connectivity index (χ0n) is 11.7. The number of hydrogen-bond donors (Lipinski definition) is 1. The second-order valence-corrected chi connectivity index (χ2v) is 8.42. The van der Waals surface area contributed by atoms with Crippen molar-refractivity contribution in [2.24, 2.45) is 5.14 Å². The summed E-state index contributed by atoms with van der Waals surface area (Å²) in [7, 11) is -3.97. The zero-order valence-corrected chi connectivity index (χ0v) is 14.8. The molecule has 0 aromatic heterocycles. The molecule has 0 radical (unpaired) electrons. The maximum absolute atomic E-state index is 12.6. The Labute approximate surface area is 137 Å². The van der Waals surface area contributed by atoms with Crippen LogP contribution in [0.1, 0.15) is 37.0 Å². The molecule has 1 fully saturated rings. The van der Waals surface area contributed by atoms with Crippen LogP contribution in [-0.2, 0) is 10.0 Å². The van der Waals surface area contributed by atoms with E-state index in [1.165, 1.54) is 12.1 Å². The van der Waals surface area contributed by atoms with Gasteiger partial charge >= 0.3 is 0 Å². The number of nitrogens with zero attached hydrogens (tertiary/aromatic N) is 1. The van der Waals surface area contributed by atoms with E-state index < -0.39 is 10.0 Å². The Morgan fingerprint density at radius 2 is 2.05 bits per heavy atom. The number of sulfonamides is 1. The molecule has 0 saturated carbocycles. The van der Waals surface area contributed by atoms with Crippen molar-refractivity contribution in [3.63, 3.8) is 0 Å². The van der Waals surface area contributed by atoms with Crippen LogP contribution in [-0.4, -0.2) is 31.3 Å². The number of carbonyl (C=O) groups is 1. The maximum Gasteiger partial charge on any atom is 0.254 e. The SMILES string of the molecule is CC1(C)CCCN1C(=O)c1cc(Cl)c(Br)c(S(N)(=O)=O)c1. The molecule has 1 saturated heterocycles. The summed E-state index contributed by atoms with van der Waals surface area (Å²) in [6.45, 7) is 4.61. The molecule has 1 aliphatic rings. The monoisotopic (exact) mass is 394 g/mol. The van der Waals surface area contributed by atoms with E-state index in [4.69, 9.17) is 16.7 Å². The minimum atomic E-state index is -3.97. The van der Waals surface area contributed by atoms with Gasteiger partial charge in [-0.05, 0) is 54.8 Å². The molecule has 5 nitrogen and oxygen atoms in total. The van der Waals surface area contributed by atoms with Gasteiger partial charge in [-0.3, -0.25) is 4.79 Å². The number of likely N-dealkylation sites (tertiary alicyclic amines) is 1. The maximum atomic E-state index is 12.6. The average Bonchev–Trinajstić information content (AvgIpc) is 2.69. The van der Waals surface area contributed by atoms with Crippen LogP contribution in [0.15, 0.2) is 21.5 Å². The Balaban J connectivity index is 2.51. The van der Waals surface area contributed by atoms with E-state index in [0.717, 1.165) is 12.8 Å². The van der Waals surface area contributed by atoms with Gasteiger partial charge in [-0.15, -0.1) is 0 Å². The van der Waals surface area contributed by atoms with Crippen LogP contribution in [0.25, 0.3) is 0 Å². The molecular weight excluding hydrogens is 380 g/mol. The lowest BCUT2D eigenvalue weighted by atomic mass is 10.0. The van der Waals surface area contributed by atoms with Crippen LogP contribution in [0, 0.1) is 0 Å². The standard InChI is InChI=1S/C13H16BrClN2O3S/c1-13(2)4-3-5-17(13)12(18)8-6-9(15)11(14)10(7-8)21(16,19)20/h6-7H,3-5H2,1-2H3,(H2,16,19,20). The van der Waals surface area contributed by atoms with E-state index in [1.807, 2.05) is 13.8 Å². The number of carbonyl (C=O) groups excluding carboxylic acids is 1. The van der Waals surface area contributed by atoms with E-state index in [0.29, 0.717) is 6.54 Å². The molecule has 1 aliphatic heterocycles. The quantitative estimate of drug-likeness (QED) is 0.836. The van der Waals surface area contributed by atoms with Gasteiger partial charge in [-0.1, -0.05) is 11.6 Å². The lowest BCUT2D eigenvalue weighted by Gasteiger charge is -2.31. The fourth-order valence-corrected chi connectivity index (χ4v) is 4.37. The first-order chi connectivity index (χ1) is 9.54. The molecule has 116 valence electrons. The highest BCUT2D eigenvalue weighted by Gasteiger charge is 2.36. The largest absolute Gasteiger partial charge is 0.334 e. The average molecular weight is 396 g/mol. The molecule has 0 aliphatic carbocycles. The number of nitrogens with two attached hydrogens (primary N) is 1. The number of hydrogen-bond acceptors (Lipinski definition) is 3. The molecule has 1 aromatic rings. The third-order valence-corrected chi connectivity index (χ3v) is 6.27. The molecule has 2 rings (SSSR count). The van der Waals surface area contributed by atoms with E-state index in [1.54, 1.807) is 4.90 Å². The fourth-order valence-electron chi connectivity index (χ4n) is 2.53. The van der Waals surface area contributed by atoms with Crippen molar-refractivity contribution < 1.29 is 13.2 Å².